The van der Waals surface area contributed by atoms with Gasteiger partial charge in [-0.25, -0.2) is 0 Å². The maximum absolute atomic E-state index is 11.0. The summed E-state index contributed by atoms with van der Waals surface area (Å²) in [5.41, 5.74) is 7.04. The molecule has 1 N–H and O–H groups in total. The summed E-state index contributed by atoms with van der Waals surface area (Å²) in [6.07, 6.45) is 2.87. The number of rotatable bonds is 3. The number of hydrogen-bond donors (Lipinski definition) is 1. The van der Waals surface area contributed by atoms with Crippen molar-refractivity contribution in [2.75, 3.05) is 5.43 Å². The molecule has 0 saturated heterocycles. The maximum Gasteiger partial charge on any atom is 0.150 e. The highest BCUT2D eigenvalue weighted by molar-refractivity contribution is 5.82. The first-order chi connectivity index (χ1) is 9.29. The van der Waals surface area contributed by atoms with E-state index in [-0.39, 0.29) is 0 Å². The molecule has 0 unspecified atom stereocenters. The second-order valence-corrected chi connectivity index (χ2v) is 4.49. The Labute approximate surface area is 111 Å². The van der Waals surface area contributed by atoms with E-state index in [2.05, 4.69) is 23.6 Å². The Hall–Kier alpha value is -2.55. The first-order valence-corrected chi connectivity index (χ1v) is 6.17. The molecule has 3 heteroatoms. The van der Waals surface area contributed by atoms with Crippen molar-refractivity contribution in [3.05, 3.63) is 65.9 Å². The van der Waals surface area contributed by atoms with Gasteiger partial charge >= 0.3 is 0 Å². The standard InChI is InChI=1S/C16H14N2O/c1-12-14(11-19)6-4-7-15(12)17-18-10-9-13-5-2-3-8-16(13)18/h2-11,17H,1H3. The van der Waals surface area contributed by atoms with Gasteiger partial charge in [-0.3, -0.25) is 14.9 Å². The van der Waals surface area contributed by atoms with E-state index < -0.39 is 0 Å². The number of carbonyl (C=O) groups excluding carboxylic acids is 1. The first kappa shape index (κ1) is 11.5. The molecule has 1 aromatic heterocycles. The molecule has 0 bridgehead atoms. The van der Waals surface area contributed by atoms with Crippen molar-refractivity contribution in [3.8, 4) is 0 Å². The summed E-state index contributed by atoms with van der Waals surface area (Å²) < 4.78 is 1.96. The molecular weight excluding hydrogens is 236 g/mol. The average molecular weight is 250 g/mol. The van der Waals surface area contributed by atoms with Gasteiger partial charge in [0.1, 0.15) is 6.29 Å². The number of nitrogens with zero attached hydrogens (tertiary/aromatic N) is 1. The van der Waals surface area contributed by atoms with Crippen molar-refractivity contribution in [1.29, 1.82) is 0 Å². The Bertz CT molecular complexity index is 743. The van der Waals surface area contributed by atoms with Gasteiger partial charge in [0.05, 0.1) is 11.2 Å². The molecule has 2 aromatic carbocycles. The van der Waals surface area contributed by atoms with Gasteiger partial charge in [-0.05, 0) is 30.7 Å². The summed E-state index contributed by atoms with van der Waals surface area (Å²) in [6.45, 7) is 1.94. The lowest BCUT2D eigenvalue weighted by Gasteiger charge is -2.13. The minimum Gasteiger partial charge on any atom is -0.298 e. The molecule has 3 aromatic rings. The highest BCUT2D eigenvalue weighted by Gasteiger charge is 2.05. The molecular formula is C16H14N2O. The molecule has 0 saturated carbocycles. The molecule has 0 fully saturated rings. The molecule has 3 rings (SSSR count). The van der Waals surface area contributed by atoms with Crippen LogP contribution in [0.1, 0.15) is 15.9 Å². The number of fused-ring (bicyclic) bond motifs is 1. The van der Waals surface area contributed by atoms with Crippen LogP contribution in [0.4, 0.5) is 5.69 Å². The minimum absolute atomic E-state index is 0.710. The van der Waals surface area contributed by atoms with Crippen LogP contribution in [0.25, 0.3) is 10.9 Å². The van der Waals surface area contributed by atoms with E-state index in [1.165, 1.54) is 5.39 Å². The van der Waals surface area contributed by atoms with E-state index in [9.17, 15) is 4.79 Å². The number of para-hydroxylation sites is 1. The number of nitrogens with one attached hydrogen (secondary N) is 1. The van der Waals surface area contributed by atoms with Gasteiger partial charge in [-0.2, -0.15) is 0 Å². The zero-order valence-electron chi connectivity index (χ0n) is 10.6. The van der Waals surface area contributed by atoms with Crippen LogP contribution < -0.4 is 5.43 Å². The predicted octanol–water partition coefficient (Wildman–Crippen LogP) is 3.64. The van der Waals surface area contributed by atoms with E-state index in [0.717, 1.165) is 23.1 Å². The Balaban J connectivity index is 2.04. The van der Waals surface area contributed by atoms with E-state index in [1.54, 1.807) is 0 Å². The topological polar surface area (TPSA) is 34.0 Å². The fourth-order valence-corrected chi connectivity index (χ4v) is 2.21. The fraction of sp³-hybridized carbons (Fsp3) is 0.0625. The zero-order chi connectivity index (χ0) is 13.2. The lowest BCUT2D eigenvalue weighted by Crippen LogP contribution is -2.09. The Kier molecular flexibility index (Phi) is 2.80. The first-order valence-electron chi connectivity index (χ1n) is 6.17. The highest BCUT2D eigenvalue weighted by Crippen LogP contribution is 2.20. The summed E-state index contributed by atoms with van der Waals surface area (Å²) in [6, 6.07) is 15.9. The molecule has 3 nitrogen and oxygen atoms in total. The van der Waals surface area contributed by atoms with Crippen LogP contribution >= 0.6 is 0 Å². The van der Waals surface area contributed by atoms with Crippen molar-refractivity contribution >= 4 is 22.9 Å². The van der Waals surface area contributed by atoms with Crippen molar-refractivity contribution in [2.24, 2.45) is 0 Å². The zero-order valence-corrected chi connectivity index (χ0v) is 10.6. The third-order valence-corrected chi connectivity index (χ3v) is 3.34. The van der Waals surface area contributed by atoms with Crippen molar-refractivity contribution in [3.63, 3.8) is 0 Å². The number of aldehydes is 1. The van der Waals surface area contributed by atoms with Crippen LogP contribution in [0, 0.1) is 6.92 Å². The van der Waals surface area contributed by atoms with E-state index in [1.807, 2.05) is 48.1 Å². The van der Waals surface area contributed by atoms with Crippen molar-refractivity contribution in [2.45, 2.75) is 6.92 Å². The summed E-state index contributed by atoms with van der Waals surface area (Å²) in [5.74, 6) is 0. The summed E-state index contributed by atoms with van der Waals surface area (Å²) in [4.78, 5) is 11.0. The maximum atomic E-state index is 11.0. The summed E-state index contributed by atoms with van der Waals surface area (Å²) >= 11 is 0. The third-order valence-electron chi connectivity index (χ3n) is 3.34. The Morgan fingerprint density at radius 3 is 2.74 bits per heavy atom. The van der Waals surface area contributed by atoms with Crippen LogP contribution in [0.5, 0.6) is 0 Å². The molecule has 0 aliphatic rings. The molecule has 0 aliphatic heterocycles. The Morgan fingerprint density at radius 2 is 1.89 bits per heavy atom. The van der Waals surface area contributed by atoms with Gasteiger partial charge in [0, 0.05) is 17.1 Å². The normalized spacial score (nSPS) is 10.6. The molecule has 0 amide bonds. The molecule has 94 valence electrons. The van der Waals surface area contributed by atoms with Crippen LogP contribution in [-0.2, 0) is 0 Å². The highest BCUT2D eigenvalue weighted by atomic mass is 16.1. The minimum atomic E-state index is 0.710. The Morgan fingerprint density at radius 1 is 1.05 bits per heavy atom. The van der Waals surface area contributed by atoms with Crippen LogP contribution in [0.3, 0.4) is 0 Å². The number of aromatic nitrogens is 1. The van der Waals surface area contributed by atoms with Gasteiger partial charge in [-0.15, -0.1) is 0 Å². The van der Waals surface area contributed by atoms with Crippen LogP contribution in [0.15, 0.2) is 54.7 Å². The number of hydrogen-bond acceptors (Lipinski definition) is 2. The number of anilines is 1. The SMILES string of the molecule is Cc1c(C=O)cccc1Nn1ccc2ccccc21. The second kappa shape index (κ2) is 4.61. The summed E-state index contributed by atoms with van der Waals surface area (Å²) in [5, 5.41) is 1.18. The third kappa shape index (κ3) is 1.99. The smallest absolute Gasteiger partial charge is 0.150 e. The lowest BCUT2D eigenvalue weighted by atomic mass is 10.1. The monoisotopic (exact) mass is 250 g/mol. The average Bonchev–Trinajstić information content (AvgIpc) is 2.85. The number of carbonyl (C=O) groups is 1. The van der Waals surface area contributed by atoms with Crippen LogP contribution in [-0.4, -0.2) is 11.0 Å². The van der Waals surface area contributed by atoms with Crippen LogP contribution in [0.2, 0.25) is 0 Å². The van der Waals surface area contributed by atoms with E-state index in [0.29, 0.717) is 5.56 Å². The molecule has 19 heavy (non-hydrogen) atoms. The van der Waals surface area contributed by atoms with Gasteiger partial charge in [0.2, 0.25) is 0 Å². The molecule has 0 aliphatic carbocycles. The quantitative estimate of drug-likeness (QED) is 0.720. The lowest BCUT2D eigenvalue weighted by molar-refractivity contribution is 0.112. The second-order valence-electron chi connectivity index (χ2n) is 4.49. The molecule has 0 atom stereocenters. The van der Waals surface area contributed by atoms with E-state index >= 15 is 0 Å². The van der Waals surface area contributed by atoms with Crippen molar-refractivity contribution in [1.82, 2.24) is 4.68 Å². The largest absolute Gasteiger partial charge is 0.298 e. The molecule has 1 heterocycles. The fourth-order valence-electron chi connectivity index (χ4n) is 2.21. The van der Waals surface area contributed by atoms with Crippen molar-refractivity contribution < 1.29 is 4.79 Å². The van der Waals surface area contributed by atoms with Gasteiger partial charge in [0.15, 0.2) is 0 Å². The predicted molar refractivity (Wildman–Crippen MR) is 77.5 cm³/mol. The van der Waals surface area contributed by atoms with E-state index in [4.69, 9.17) is 0 Å². The number of benzene rings is 2. The van der Waals surface area contributed by atoms with Gasteiger partial charge in [-0.1, -0.05) is 30.3 Å². The van der Waals surface area contributed by atoms with Gasteiger partial charge < -0.3 is 0 Å². The molecule has 0 spiro atoms. The molecule has 0 radical (unpaired) electrons. The summed E-state index contributed by atoms with van der Waals surface area (Å²) in [7, 11) is 0. The van der Waals surface area contributed by atoms with Gasteiger partial charge in [0.25, 0.3) is 0 Å².